The monoisotopic (exact) mass is 591 g/mol. The van der Waals surface area contributed by atoms with E-state index in [0.717, 1.165) is 41.2 Å². The molecule has 1 aromatic heterocycles. The summed E-state index contributed by atoms with van der Waals surface area (Å²) in [7, 11) is 0. The fourth-order valence-electron chi connectivity index (χ4n) is 19.8. The van der Waals surface area contributed by atoms with Gasteiger partial charge in [-0.25, -0.2) is 0 Å². The Hall–Kier alpha value is -1.65. The molecule has 10 fully saturated rings. The number of nitrogens with zero attached hydrogens (tertiary/aromatic N) is 1. The Morgan fingerprint density at radius 2 is 1.41 bits per heavy atom. The SMILES string of the molecule is O[C@@H](CNCCNC[C]12[CH]3[CH]4[CH]5[CH]1[Fe]45321678[CH]2[CH]1[CH]6[CH]7[CH]28)c1cc(-c2ccc(C(F)(F)F)cc2)nc(C(F)(F)F)c1. The zero-order chi connectivity index (χ0) is 26.7. The average Bonchev–Trinajstić information content (AvgIpc) is 3.83. The molecule has 0 amide bonds. The van der Waals surface area contributed by atoms with Gasteiger partial charge in [0.15, 0.2) is 0 Å². The van der Waals surface area contributed by atoms with Gasteiger partial charge in [0.1, 0.15) is 0 Å². The molecule has 39 heavy (non-hydrogen) atoms. The Bertz CT molecular complexity index is 1840. The summed E-state index contributed by atoms with van der Waals surface area (Å²) in [6.07, 6.45) is -10.5. The van der Waals surface area contributed by atoms with E-state index in [1.807, 2.05) is 0 Å². The molecule has 1 aromatic carbocycles. The minimum atomic E-state index is -4.76. The number of alkyl halides is 6. The Morgan fingerprint density at radius 3 is 1.90 bits per heavy atom. The third kappa shape index (κ3) is 0.618. The second-order valence-electron chi connectivity index (χ2n) is 16.0. The maximum atomic E-state index is 13.5. The zero-order valence-corrected chi connectivity index (χ0v) is 21.7. The van der Waals surface area contributed by atoms with E-state index in [-0.39, 0.29) is 23.4 Å². The normalized spacial score (nSPS) is 60.3. The topological polar surface area (TPSA) is 57.2 Å². The standard InChI is InChI=1S/C23H22F6N3O.C5H5.Fe/c24-22(25,26)18-7-5-16(6-8-18)19-11-17(12-21(32-19)23(27,28)29)20(33)14-31-10-9-30-13-15-3-1-2-4-15;1-2-4-5-3-1;/h1-8,11-12,20,30-31,33H,9-10,13-14H2;1-5H;/t20-;;/m0../s1. The first-order valence-electron chi connectivity index (χ1n) is 13.8. The van der Waals surface area contributed by atoms with E-state index < -0.39 is 36.2 Å². The molecule has 4 nitrogen and oxygen atoms in total. The van der Waals surface area contributed by atoms with E-state index in [1.54, 1.807) is 0 Å². The first-order chi connectivity index (χ1) is 18.2. The van der Waals surface area contributed by atoms with Crippen molar-refractivity contribution in [2.24, 2.45) is 0 Å². The molecule has 4 unspecified atom stereocenters. The Morgan fingerprint density at radius 1 is 0.821 bits per heavy atom. The van der Waals surface area contributed by atoms with E-state index in [4.69, 9.17) is 0 Å². The fraction of sp³-hybridized carbons (Fsp3) is 0.607. The van der Waals surface area contributed by atoms with Crippen molar-refractivity contribution in [3.05, 3.63) is 53.2 Å². The van der Waals surface area contributed by atoms with E-state index in [1.165, 1.54) is 56.0 Å². The van der Waals surface area contributed by atoms with Crippen LogP contribution in [0.5, 0.6) is 0 Å². The second-order valence-corrected chi connectivity index (χ2v) is 39.6. The molecule has 11 heterocycles. The summed E-state index contributed by atoms with van der Waals surface area (Å²) < 4.78 is 80.1. The number of nitrogens with one attached hydrogen (secondary N) is 2. The predicted molar refractivity (Wildman–Crippen MR) is 127 cm³/mol. The van der Waals surface area contributed by atoms with Crippen LogP contribution >= 0.6 is 0 Å². The number of halogens is 6. The van der Waals surface area contributed by atoms with Crippen LogP contribution in [0.3, 0.4) is 0 Å². The van der Waals surface area contributed by atoms with Gasteiger partial charge in [0, 0.05) is 0 Å². The number of benzene rings is 1. The van der Waals surface area contributed by atoms with Crippen LogP contribution in [0.4, 0.5) is 26.3 Å². The van der Waals surface area contributed by atoms with Crippen LogP contribution in [0.15, 0.2) is 36.4 Å². The van der Waals surface area contributed by atoms with Crippen molar-refractivity contribution in [2.45, 2.75) is 66.1 Å². The van der Waals surface area contributed by atoms with Crippen molar-refractivity contribution in [1.82, 2.24) is 15.6 Å². The number of hydrogen-bond acceptors (Lipinski definition) is 4. The van der Waals surface area contributed by atoms with Crippen molar-refractivity contribution in [1.29, 1.82) is 0 Å². The van der Waals surface area contributed by atoms with E-state index in [2.05, 4.69) is 15.6 Å². The molecule has 0 aliphatic carbocycles. The first-order valence-corrected chi connectivity index (χ1v) is 20.1. The molecule has 12 rings (SSSR count). The number of hydrogen-bond donors (Lipinski definition) is 3. The predicted octanol–water partition coefficient (Wildman–Crippen LogP) is 6.76. The van der Waals surface area contributed by atoms with Gasteiger partial charge in [0.05, 0.1) is 5.56 Å². The van der Waals surface area contributed by atoms with Crippen molar-refractivity contribution >= 4 is 0 Å². The van der Waals surface area contributed by atoms with E-state index >= 15 is 0 Å². The van der Waals surface area contributed by atoms with Crippen LogP contribution in [0.1, 0.15) is 22.9 Å². The molecule has 11 heteroatoms. The van der Waals surface area contributed by atoms with E-state index in [9.17, 15) is 31.4 Å². The third-order valence-electron chi connectivity index (χ3n) is 19.2. The molecule has 1 spiro atoms. The molecule has 0 saturated carbocycles. The van der Waals surface area contributed by atoms with Gasteiger partial charge in [-0.2, -0.15) is 26.3 Å². The van der Waals surface area contributed by atoms with Gasteiger partial charge in [-0.05, 0) is 12.1 Å². The van der Waals surface area contributed by atoms with Gasteiger partial charge in [0.25, 0.3) is 0 Å². The maximum absolute atomic E-state index is 13.5. The third-order valence-corrected chi connectivity index (χ3v) is 62.2. The van der Waals surface area contributed by atoms with Crippen molar-refractivity contribution in [3.63, 3.8) is 0 Å². The van der Waals surface area contributed by atoms with Gasteiger partial charge in [-0.3, -0.25) is 0 Å². The quantitative estimate of drug-likeness (QED) is 0.172. The van der Waals surface area contributed by atoms with E-state index in [0.29, 0.717) is 6.54 Å². The summed E-state index contributed by atoms with van der Waals surface area (Å²) in [4.78, 5) is 15.1. The van der Waals surface area contributed by atoms with Gasteiger partial charge < -0.3 is 0 Å². The number of aliphatic hydroxyl groups excluding tert-OH is 1. The molecule has 5 atom stereocenters. The van der Waals surface area contributed by atoms with Crippen molar-refractivity contribution in [2.75, 3.05) is 26.2 Å². The Kier molecular flexibility index (Phi) is 1.73. The molecule has 0 radical (unpaired) electrons. The fourth-order valence-corrected chi connectivity index (χ4v) is 94.6. The van der Waals surface area contributed by atoms with Gasteiger partial charge in [-0.15, -0.1) is 0 Å². The molecular formula is C28H27F6FeN3O. The summed E-state index contributed by atoms with van der Waals surface area (Å²) in [6, 6.07) is 5.92. The van der Waals surface area contributed by atoms with Crippen LogP contribution < -0.4 is 10.6 Å². The van der Waals surface area contributed by atoms with Crippen LogP contribution in [0.2, 0.25) is 47.7 Å². The number of pyridine rings is 1. The molecule has 2 aromatic rings. The Balaban J connectivity index is 0.727. The molecule has 10 saturated heterocycles. The van der Waals surface area contributed by atoms with Gasteiger partial charge in [0.2, 0.25) is 0 Å². The number of fused-ring (bicyclic) bond motifs is 10. The van der Waals surface area contributed by atoms with Crippen LogP contribution in [-0.4, -0.2) is 36.3 Å². The molecular weight excluding hydrogens is 564 g/mol. The summed E-state index contributed by atoms with van der Waals surface area (Å²) in [5.41, 5.74) is -2.10. The average molecular weight is 591 g/mol. The molecule has 3 N–H and O–H groups in total. The minimum absolute atomic E-state index is 0.0194. The summed E-state index contributed by atoms with van der Waals surface area (Å²) in [5, 5.41) is 17.6. The summed E-state index contributed by atoms with van der Waals surface area (Å²) >= 11 is 0. The number of rotatable bonds is 9. The summed E-state index contributed by atoms with van der Waals surface area (Å²) in [5.74, 6) is 0. The zero-order valence-electron chi connectivity index (χ0n) is 20.6. The Labute approximate surface area is 210 Å². The van der Waals surface area contributed by atoms with Gasteiger partial charge >= 0.3 is 154 Å². The van der Waals surface area contributed by atoms with Crippen molar-refractivity contribution in [3.8, 4) is 11.3 Å². The molecule has 0 bridgehead atoms. The van der Waals surface area contributed by atoms with Crippen LogP contribution in [-0.2, 0) is 18.9 Å². The second kappa shape index (κ2) is 3.19. The van der Waals surface area contributed by atoms with Gasteiger partial charge in [-0.1, -0.05) is 12.1 Å². The molecule has 210 valence electrons. The van der Waals surface area contributed by atoms with Crippen molar-refractivity contribution < 1.29 is 38.0 Å². The molecule has 10 aliphatic rings. The van der Waals surface area contributed by atoms with Crippen LogP contribution in [0, 0.1) is 0 Å². The first kappa shape index (κ1) is 21.1. The molecule has 10 aliphatic heterocycles. The summed E-state index contributed by atoms with van der Waals surface area (Å²) in [6.45, 7) is -0.433. The number of aromatic nitrogens is 1. The number of aliphatic hydroxyl groups is 1. The van der Waals surface area contributed by atoms with Crippen LogP contribution in [0.25, 0.3) is 11.3 Å².